The van der Waals surface area contributed by atoms with Gasteiger partial charge >= 0.3 is 0 Å². The Labute approximate surface area is 86.3 Å². The van der Waals surface area contributed by atoms with Gasteiger partial charge in [-0.1, -0.05) is 29.8 Å². The van der Waals surface area contributed by atoms with E-state index in [0.29, 0.717) is 10.6 Å². The van der Waals surface area contributed by atoms with Gasteiger partial charge < -0.3 is 5.11 Å². The van der Waals surface area contributed by atoms with Crippen LogP contribution in [0.4, 0.5) is 0 Å². The summed E-state index contributed by atoms with van der Waals surface area (Å²) >= 11 is 5.79. The normalized spacial score (nSPS) is 14.8. The minimum absolute atomic E-state index is 0.341. The largest absolute Gasteiger partial charge is 0.381 e. The van der Waals surface area contributed by atoms with Crippen molar-refractivity contribution in [1.29, 1.82) is 0 Å². The van der Waals surface area contributed by atoms with E-state index >= 15 is 0 Å². The first-order valence-electron chi connectivity index (χ1n) is 4.10. The molecule has 0 aliphatic rings. The first-order valence-corrected chi connectivity index (χ1v) is 4.48. The number of benzene rings is 1. The number of halogens is 1. The van der Waals surface area contributed by atoms with E-state index in [0.717, 1.165) is 0 Å². The minimum Gasteiger partial charge on any atom is -0.381 e. The van der Waals surface area contributed by atoms with Crippen molar-refractivity contribution in [2.75, 3.05) is 0 Å². The van der Waals surface area contributed by atoms with Crippen LogP contribution in [0.25, 0.3) is 0 Å². The molecule has 0 saturated heterocycles. The van der Waals surface area contributed by atoms with E-state index < -0.39 is 17.1 Å². The van der Waals surface area contributed by atoms with Crippen LogP contribution in [0, 0.1) is 10.1 Å². The quantitative estimate of drug-likeness (QED) is 0.620. The second-order valence-corrected chi connectivity index (χ2v) is 3.40. The molecule has 0 radical (unpaired) electrons. The van der Waals surface area contributed by atoms with Gasteiger partial charge in [-0.3, -0.25) is 10.1 Å². The van der Waals surface area contributed by atoms with Crippen LogP contribution in [-0.2, 0) is 0 Å². The van der Waals surface area contributed by atoms with Gasteiger partial charge in [0.25, 0.3) is 0 Å². The van der Waals surface area contributed by atoms with Gasteiger partial charge in [-0.25, -0.2) is 0 Å². The minimum atomic E-state index is -1.17. The maximum atomic E-state index is 10.4. The lowest BCUT2D eigenvalue weighted by atomic mass is 10.0. The van der Waals surface area contributed by atoms with Gasteiger partial charge in [0.1, 0.15) is 6.10 Å². The molecule has 5 heteroatoms. The van der Waals surface area contributed by atoms with Crippen LogP contribution in [0.1, 0.15) is 18.6 Å². The number of rotatable bonds is 3. The summed E-state index contributed by atoms with van der Waals surface area (Å²) in [6.45, 7) is 1.34. The molecular formula is C9H10ClNO3. The predicted octanol–water partition coefficient (Wildman–Crippen LogP) is 2.04. The summed E-state index contributed by atoms with van der Waals surface area (Å²) in [5.41, 5.74) is 0.387. The number of nitrogens with zero attached hydrogens (tertiary/aromatic N) is 1. The highest BCUT2D eigenvalue weighted by atomic mass is 35.5. The SMILES string of the molecule is CC(C(O)c1ccccc1Cl)[N+](=O)[O-]. The van der Waals surface area contributed by atoms with Crippen molar-refractivity contribution in [1.82, 2.24) is 0 Å². The van der Waals surface area contributed by atoms with E-state index in [9.17, 15) is 15.2 Å². The van der Waals surface area contributed by atoms with E-state index in [1.54, 1.807) is 24.3 Å². The summed E-state index contributed by atoms with van der Waals surface area (Å²) in [4.78, 5) is 9.89. The number of aliphatic hydroxyl groups is 1. The Hall–Kier alpha value is -1.13. The molecule has 0 aromatic heterocycles. The second-order valence-electron chi connectivity index (χ2n) is 2.99. The molecule has 1 N–H and O–H groups in total. The Morgan fingerprint density at radius 3 is 2.57 bits per heavy atom. The number of aliphatic hydroxyl groups excluding tert-OH is 1. The molecule has 0 spiro atoms. The molecule has 2 atom stereocenters. The van der Waals surface area contributed by atoms with Gasteiger partial charge in [0.15, 0.2) is 0 Å². The van der Waals surface area contributed by atoms with Gasteiger partial charge in [-0.2, -0.15) is 0 Å². The molecule has 0 aliphatic carbocycles. The van der Waals surface area contributed by atoms with Crippen molar-refractivity contribution in [2.45, 2.75) is 19.1 Å². The zero-order valence-electron chi connectivity index (χ0n) is 7.55. The van der Waals surface area contributed by atoms with Crippen LogP contribution in [0.15, 0.2) is 24.3 Å². The molecule has 14 heavy (non-hydrogen) atoms. The summed E-state index contributed by atoms with van der Waals surface area (Å²) in [6.07, 6.45) is -1.17. The van der Waals surface area contributed by atoms with Gasteiger partial charge in [-0.05, 0) is 6.07 Å². The molecule has 1 rings (SSSR count). The van der Waals surface area contributed by atoms with Crippen LogP contribution in [-0.4, -0.2) is 16.1 Å². The van der Waals surface area contributed by atoms with Gasteiger partial charge in [0.05, 0.1) is 0 Å². The van der Waals surface area contributed by atoms with E-state index in [1.165, 1.54) is 6.92 Å². The highest BCUT2D eigenvalue weighted by Gasteiger charge is 2.27. The molecule has 0 amide bonds. The Morgan fingerprint density at radius 2 is 2.07 bits per heavy atom. The highest BCUT2D eigenvalue weighted by molar-refractivity contribution is 6.31. The average Bonchev–Trinajstić information content (AvgIpc) is 2.16. The summed E-state index contributed by atoms with van der Waals surface area (Å²) in [5.74, 6) is 0. The Bertz CT molecular complexity index is 343. The molecule has 0 saturated carbocycles. The second kappa shape index (κ2) is 4.39. The number of nitro groups is 1. The lowest BCUT2D eigenvalue weighted by Gasteiger charge is -2.13. The highest BCUT2D eigenvalue weighted by Crippen LogP contribution is 2.25. The van der Waals surface area contributed by atoms with Crippen molar-refractivity contribution < 1.29 is 10.0 Å². The fraction of sp³-hybridized carbons (Fsp3) is 0.333. The van der Waals surface area contributed by atoms with Crippen molar-refractivity contribution in [2.24, 2.45) is 0 Å². The maximum absolute atomic E-state index is 10.4. The molecule has 0 bridgehead atoms. The molecule has 2 unspecified atom stereocenters. The van der Waals surface area contributed by atoms with E-state index in [4.69, 9.17) is 11.6 Å². The van der Waals surface area contributed by atoms with Crippen LogP contribution in [0.5, 0.6) is 0 Å². The first-order chi connectivity index (χ1) is 6.54. The zero-order chi connectivity index (χ0) is 10.7. The van der Waals surface area contributed by atoms with Gasteiger partial charge in [0, 0.05) is 22.4 Å². The average molecular weight is 216 g/mol. The maximum Gasteiger partial charge on any atom is 0.240 e. The third-order valence-electron chi connectivity index (χ3n) is 2.01. The van der Waals surface area contributed by atoms with Crippen molar-refractivity contribution in [3.63, 3.8) is 0 Å². The summed E-state index contributed by atoms with van der Waals surface area (Å²) in [6, 6.07) is 5.49. The molecular weight excluding hydrogens is 206 g/mol. The molecule has 1 aromatic carbocycles. The molecule has 0 heterocycles. The monoisotopic (exact) mass is 215 g/mol. The summed E-state index contributed by atoms with van der Waals surface area (Å²) in [7, 11) is 0. The van der Waals surface area contributed by atoms with Crippen LogP contribution in [0.3, 0.4) is 0 Å². The number of hydrogen-bond acceptors (Lipinski definition) is 3. The third kappa shape index (κ3) is 2.21. The van der Waals surface area contributed by atoms with E-state index in [-0.39, 0.29) is 0 Å². The standard InChI is InChI=1S/C9H10ClNO3/c1-6(11(13)14)9(12)7-4-2-3-5-8(7)10/h2-6,9,12H,1H3. The molecule has 0 fully saturated rings. The van der Waals surface area contributed by atoms with E-state index in [2.05, 4.69) is 0 Å². The lowest BCUT2D eigenvalue weighted by molar-refractivity contribution is -0.531. The number of hydrogen-bond donors (Lipinski definition) is 1. The summed E-state index contributed by atoms with van der Waals surface area (Å²) < 4.78 is 0. The topological polar surface area (TPSA) is 63.4 Å². The van der Waals surface area contributed by atoms with Crippen LogP contribution >= 0.6 is 11.6 Å². The third-order valence-corrected chi connectivity index (χ3v) is 2.36. The smallest absolute Gasteiger partial charge is 0.240 e. The zero-order valence-corrected chi connectivity index (χ0v) is 8.31. The van der Waals surface area contributed by atoms with Crippen molar-refractivity contribution in [3.05, 3.63) is 45.0 Å². The first kappa shape index (κ1) is 10.9. The molecule has 0 aliphatic heterocycles. The Morgan fingerprint density at radius 1 is 1.50 bits per heavy atom. The van der Waals surface area contributed by atoms with E-state index in [1.807, 2.05) is 0 Å². The molecule has 1 aromatic rings. The molecule has 76 valence electrons. The fourth-order valence-corrected chi connectivity index (χ4v) is 1.34. The van der Waals surface area contributed by atoms with Crippen molar-refractivity contribution in [3.8, 4) is 0 Å². The van der Waals surface area contributed by atoms with Gasteiger partial charge in [0.2, 0.25) is 6.04 Å². The Kier molecular flexibility index (Phi) is 3.43. The van der Waals surface area contributed by atoms with Gasteiger partial charge in [-0.15, -0.1) is 0 Å². The molecule has 4 nitrogen and oxygen atoms in total. The predicted molar refractivity (Wildman–Crippen MR) is 52.9 cm³/mol. The van der Waals surface area contributed by atoms with Crippen LogP contribution in [0.2, 0.25) is 5.02 Å². The Balaban J connectivity index is 2.94. The van der Waals surface area contributed by atoms with Crippen molar-refractivity contribution >= 4 is 11.6 Å². The fourth-order valence-electron chi connectivity index (χ4n) is 1.09. The lowest BCUT2D eigenvalue weighted by Crippen LogP contribution is -2.24. The summed E-state index contributed by atoms with van der Waals surface area (Å²) in [5, 5.41) is 20.4. The van der Waals surface area contributed by atoms with Crippen LogP contribution < -0.4 is 0 Å².